The van der Waals surface area contributed by atoms with Gasteiger partial charge in [-0.15, -0.1) is 0 Å². The summed E-state index contributed by atoms with van der Waals surface area (Å²) in [6.45, 7) is 9.27. The molecule has 0 amide bonds. The molecule has 0 spiro atoms. The van der Waals surface area contributed by atoms with E-state index in [1.165, 1.54) is 44.5 Å². The predicted octanol–water partition coefficient (Wildman–Crippen LogP) is 2.45. The number of pyridine rings is 1. The minimum atomic E-state index is 0.718. The van der Waals surface area contributed by atoms with Gasteiger partial charge in [-0.1, -0.05) is 13.0 Å². The van der Waals surface area contributed by atoms with Crippen LogP contribution in [0.2, 0.25) is 0 Å². The molecule has 0 N–H and O–H groups in total. The van der Waals surface area contributed by atoms with Crippen LogP contribution >= 0.6 is 0 Å². The number of piperazine rings is 1. The molecule has 2 saturated heterocycles. The summed E-state index contributed by atoms with van der Waals surface area (Å²) in [5.41, 5.74) is 2.46. The zero-order valence-electron chi connectivity index (χ0n) is 12.2. The summed E-state index contributed by atoms with van der Waals surface area (Å²) in [7, 11) is 0. The molecule has 0 radical (unpaired) electrons. The standard InChI is InChI=1S/C16H25N3/c1-3-15-11-18-8-4-5-16(18)12-19(15)10-14-7-6-13(2)17-9-14/h6-7,9,15-16H,3-5,8,10-12H2,1-2H3. The lowest BCUT2D eigenvalue weighted by atomic mass is 10.0. The monoisotopic (exact) mass is 259 g/mol. The van der Waals surface area contributed by atoms with Gasteiger partial charge in [-0.2, -0.15) is 0 Å². The Labute approximate surface area is 116 Å². The molecule has 3 nitrogen and oxygen atoms in total. The third kappa shape index (κ3) is 2.82. The number of hydrogen-bond acceptors (Lipinski definition) is 3. The van der Waals surface area contributed by atoms with E-state index >= 15 is 0 Å². The molecule has 0 saturated carbocycles. The Balaban J connectivity index is 1.69. The van der Waals surface area contributed by atoms with Crippen molar-refractivity contribution in [3.63, 3.8) is 0 Å². The first-order valence-electron chi connectivity index (χ1n) is 7.66. The molecular formula is C16H25N3. The second-order valence-corrected chi connectivity index (χ2v) is 6.09. The number of fused-ring (bicyclic) bond motifs is 1. The molecule has 0 aliphatic carbocycles. The van der Waals surface area contributed by atoms with Gasteiger partial charge < -0.3 is 0 Å². The van der Waals surface area contributed by atoms with E-state index in [9.17, 15) is 0 Å². The molecule has 1 aromatic heterocycles. The van der Waals surface area contributed by atoms with Crippen LogP contribution < -0.4 is 0 Å². The number of aromatic nitrogens is 1. The molecule has 3 heterocycles. The zero-order chi connectivity index (χ0) is 13.2. The smallest absolute Gasteiger partial charge is 0.0372 e. The fourth-order valence-corrected chi connectivity index (χ4v) is 3.56. The maximum atomic E-state index is 4.42. The molecule has 2 atom stereocenters. The van der Waals surface area contributed by atoms with Gasteiger partial charge in [0.15, 0.2) is 0 Å². The molecule has 2 fully saturated rings. The van der Waals surface area contributed by atoms with Crippen LogP contribution in [0, 0.1) is 6.92 Å². The lowest BCUT2D eigenvalue weighted by Gasteiger charge is -2.43. The topological polar surface area (TPSA) is 19.4 Å². The van der Waals surface area contributed by atoms with Crippen LogP contribution in [0.25, 0.3) is 0 Å². The highest BCUT2D eigenvalue weighted by molar-refractivity contribution is 5.13. The van der Waals surface area contributed by atoms with Crippen LogP contribution in [0.3, 0.4) is 0 Å². The largest absolute Gasteiger partial charge is 0.298 e. The van der Waals surface area contributed by atoms with Gasteiger partial charge in [0, 0.05) is 43.6 Å². The summed E-state index contributed by atoms with van der Waals surface area (Å²) in [5, 5.41) is 0. The molecule has 0 bridgehead atoms. The summed E-state index contributed by atoms with van der Waals surface area (Å²) in [6, 6.07) is 5.88. The van der Waals surface area contributed by atoms with Gasteiger partial charge in [-0.3, -0.25) is 14.8 Å². The van der Waals surface area contributed by atoms with E-state index in [0.29, 0.717) is 0 Å². The van der Waals surface area contributed by atoms with Crippen molar-refractivity contribution < 1.29 is 0 Å². The van der Waals surface area contributed by atoms with Gasteiger partial charge in [0.25, 0.3) is 0 Å². The molecule has 2 aliphatic heterocycles. The van der Waals surface area contributed by atoms with Crippen molar-refractivity contribution in [1.29, 1.82) is 0 Å². The van der Waals surface area contributed by atoms with Gasteiger partial charge >= 0.3 is 0 Å². The van der Waals surface area contributed by atoms with E-state index in [-0.39, 0.29) is 0 Å². The average Bonchev–Trinajstić information content (AvgIpc) is 2.87. The zero-order valence-corrected chi connectivity index (χ0v) is 12.2. The highest BCUT2D eigenvalue weighted by atomic mass is 15.3. The Morgan fingerprint density at radius 2 is 2.21 bits per heavy atom. The maximum Gasteiger partial charge on any atom is 0.0372 e. The summed E-state index contributed by atoms with van der Waals surface area (Å²) >= 11 is 0. The second-order valence-electron chi connectivity index (χ2n) is 6.09. The molecule has 3 heteroatoms. The third-order valence-corrected chi connectivity index (χ3v) is 4.74. The summed E-state index contributed by atoms with van der Waals surface area (Å²) in [6.07, 6.45) is 6.08. The van der Waals surface area contributed by atoms with Crippen LogP contribution in [0.5, 0.6) is 0 Å². The first-order valence-corrected chi connectivity index (χ1v) is 7.66. The molecule has 2 unspecified atom stereocenters. The van der Waals surface area contributed by atoms with Crippen LogP contribution in [-0.2, 0) is 6.54 Å². The van der Waals surface area contributed by atoms with E-state index in [1.807, 2.05) is 6.20 Å². The molecule has 19 heavy (non-hydrogen) atoms. The van der Waals surface area contributed by atoms with Crippen molar-refractivity contribution in [2.24, 2.45) is 0 Å². The molecule has 2 aliphatic rings. The van der Waals surface area contributed by atoms with Crippen LogP contribution in [-0.4, -0.2) is 46.5 Å². The Hall–Kier alpha value is -0.930. The van der Waals surface area contributed by atoms with Crippen LogP contribution in [0.15, 0.2) is 18.3 Å². The minimum Gasteiger partial charge on any atom is -0.298 e. The lowest BCUT2D eigenvalue weighted by molar-refractivity contribution is 0.0436. The number of hydrogen-bond donors (Lipinski definition) is 0. The average molecular weight is 259 g/mol. The molecule has 104 valence electrons. The van der Waals surface area contributed by atoms with Crippen LogP contribution in [0.1, 0.15) is 37.4 Å². The summed E-state index contributed by atoms with van der Waals surface area (Å²) in [5.74, 6) is 0. The lowest BCUT2D eigenvalue weighted by Crippen LogP contribution is -2.55. The maximum absolute atomic E-state index is 4.42. The fraction of sp³-hybridized carbons (Fsp3) is 0.688. The fourth-order valence-electron chi connectivity index (χ4n) is 3.56. The van der Waals surface area contributed by atoms with Gasteiger partial charge in [-0.25, -0.2) is 0 Å². The first kappa shape index (κ1) is 13.1. The Kier molecular flexibility index (Phi) is 3.85. The van der Waals surface area contributed by atoms with Gasteiger partial charge in [-0.05, 0) is 44.4 Å². The van der Waals surface area contributed by atoms with Gasteiger partial charge in [0.2, 0.25) is 0 Å². The second kappa shape index (κ2) is 5.59. The van der Waals surface area contributed by atoms with E-state index in [1.54, 1.807) is 0 Å². The summed E-state index contributed by atoms with van der Waals surface area (Å²) < 4.78 is 0. The Morgan fingerprint density at radius 3 is 2.95 bits per heavy atom. The highest BCUT2D eigenvalue weighted by Gasteiger charge is 2.35. The van der Waals surface area contributed by atoms with E-state index in [4.69, 9.17) is 0 Å². The third-order valence-electron chi connectivity index (χ3n) is 4.74. The normalized spacial score (nSPS) is 28.5. The summed E-state index contributed by atoms with van der Waals surface area (Å²) in [4.78, 5) is 9.81. The highest BCUT2D eigenvalue weighted by Crippen LogP contribution is 2.26. The Bertz CT molecular complexity index is 415. The van der Waals surface area contributed by atoms with Crippen molar-refractivity contribution >= 4 is 0 Å². The molecule has 0 aromatic carbocycles. The number of rotatable bonds is 3. The number of nitrogens with zero attached hydrogens (tertiary/aromatic N) is 3. The van der Waals surface area contributed by atoms with E-state index in [2.05, 4.69) is 40.8 Å². The minimum absolute atomic E-state index is 0.718. The quantitative estimate of drug-likeness (QED) is 0.831. The van der Waals surface area contributed by atoms with Crippen molar-refractivity contribution in [3.05, 3.63) is 29.6 Å². The van der Waals surface area contributed by atoms with Crippen molar-refractivity contribution in [2.45, 2.75) is 51.7 Å². The first-order chi connectivity index (χ1) is 9.26. The van der Waals surface area contributed by atoms with Crippen molar-refractivity contribution in [1.82, 2.24) is 14.8 Å². The van der Waals surface area contributed by atoms with Crippen LogP contribution in [0.4, 0.5) is 0 Å². The van der Waals surface area contributed by atoms with Gasteiger partial charge in [0.1, 0.15) is 0 Å². The van der Waals surface area contributed by atoms with Gasteiger partial charge in [0.05, 0.1) is 0 Å². The Morgan fingerprint density at radius 1 is 1.32 bits per heavy atom. The molecule has 1 aromatic rings. The van der Waals surface area contributed by atoms with E-state index in [0.717, 1.165) is 24.3 Å². The van der Waals surface area contributed by atoms with Crippen molar-refractivity contribution in [3.8, 4) is 0 Å². The predicted molar refractivity (Wildman–Crippen MR) is 78.1 cm³/mol. The number of aryl methyl sites for hydroxylation is 1. The van der Waals surface area contributed by atoms with E-state index < -0.39 is 0 Å². The SMILES string of the molecule is CCC1CN2CCCC2CN1Cc1ccc(C)nc1. The van der Waals surface area contributed by atoms with Crippen molar-refractivity contribution in [2.75, 3.05) is 19.6 Å². The molecular weight excluding hydrogens is 234 g/mol. The molecule has 3 rings (SSSR count).